The Kier molecular flexibility index (Phi) is 3.22. The Morgan fingerprint density at radius 3 is 2.85 bits per heavy atom. The molecular formula is C15H13BrFN3. The van der Waals surface area contributed by atoms with Crippen molar-refractivity contribution in [1.82, 2.24) is 9.55 Å². The van der Waals surface area contributed by atoms with Crippen LogP contribution in [0.5, 0.6) is 0 Å². The zero-order valence-electron chi connectivity index (χ0n) is 10.9. The summed E-state index contributed by atoms with van der Waals surface area (Å²) in [5, 5.41) is 0. The lowest BCUT2D eigenvalue weighted by molar-refractivity contribution is 0.622. The van der Waals surface area contributed by atoms with Crippen LogP contribution in [0.2, 0.25) is 0 Å². The molecule has 20 heavy (non-hydrogen) atoms. The van der Waals surface area contributed by atoms with Crippen LogP contribution in [-0.4, -0.2) is 9.55 Å². The highest BCUT2D eigenvalue weighted by atomic mass is 79.9. The van der Waals surface area contributed by atoms with E-state index in [1.54, 1.807) is 6.07 Å². The lowest BCUT2D eigenvalue weighted by Gasteiger charge is -2.08. The van der Waals surface area contributed by atoms with Gasteiger partial charge in [0, 0.05) is 6.07 Å². The van der Waals surface area contributed by atoms with Crippen LogP contribution in [0.25, 0.3) is 11.0 Å². The van der Waals surface area contributed by atoms with Crippen LogP contribution in [-0.2, 0) is 6.54 Å². The Hall–Kier alpha value is -1.88. The van der Waals surface area contributed by atoms with Gasteiger partial charge in [-0.25, -0.2) is 9.37 Å². The summed E-state index contributed by atoms with van der Waals surface area (Å²) < 4.78 is 15.8. The maximum atomic E-state index is 13.5. The van der Waals surface area contributed by atoms with Crippen molar-refractivity contribution in [3.63, 3.8) is 0 Å². The molecule has 102 valence electrons. The molecule has 3 nitrogen and oxygen atoms in total. The number of rotatable bonds is 2. The Morgan fingerprint density at radius 1 is 1.30 bits per heavy atom. The molecule has 0 aliphatic rings. The molecule has 3 aromatic rings. The topological polar surface area (TPSA) is 43.8 Å². The molecule has 0 unspecified atom stereocenters. The fraction of sp³-hybridized carbons (Fsp3) is 0.133. The van der Waals surface area contributed by atoms with Crippen molar-refractivity contribution in [2.75, 3.05) is 5.73 Å². The first-order valence-corrected chi connectivity index (χ1v) is 7.00. The minimum atomic E-state index is -0.335. The predicted octanol–water partition coefficient (Wildman–Crippen LogP) is 3.88. The summed E-state index contributed by atoms with van der Waals surface area (Å²) in [6.07, 6.45) is 0. The maximum Gasteiger partial charge on any atom is 0.201 e. The van der Waals surface area contributed by atoms with Crippen molar-refractivity contribution in [2.45, 2.75) is 13.5 Å². The summed E-state index contributed by atoms with van der Waals surface area (Å²) >= 11 is 3.20. The van der Waals surface area contributed by atoms with E-state index in [0.29, 0.717) is 22.5 Å². The van der Waals surface area contributed by atoms with E-state index in [0.717, 1.165) is 11.1 Å². The molecule has 0 bridgehead atoms. The number of aryl methyl sites for hydroxylation is 1. The maximum absolute atomic E-state index is 13.5. The molecule has 1 aromatic heterocycles. The van der Waals surface area contributed by atoms with Crippen molar-refractivity contribution >= 4 is 32.9 Å². The average Bonchev–Trinajstić information content (AvgIpc) is 2.67. The smallest absolute Gasteiger partial charge is 0.201 e. The monoisotopic (exact) mass is 333 g/mol. The van der Waals surface area contributed by atoms with Crippen LogP contribution in [0.15, 0.2) is 40.9 Å². The van der Waals surface area contributed by atoms with Gasteiger partial charge in [-0.2, -0.15) is 0 Å². The number of imidazole rings is 1. The van der Waals surface area contributed by atoms with E-state index in [1.165, 1.54) is 11.6 Å². The van der Waals surface area contributed by atoms with E-state index in [-0.39, 0.29) is 5.82 Å². The van der Waals surface area contributed by atoms with Crippen LogP contribution in [0.3, 0.4) is 0 Å². The molecule has 0 saturated heterocycles. The highest BCUT2D eigenvalue weighted by Crippen LogP contribution is 2.26. The second-order valence-electron chi connectivity index (χ2n) is 4.80. The average molecular weight is 334 g/mol. The molecule has 0 spiro atoms. The van der Waals surface area contributed by atoms with Crippen LogP contribution < -0.4 is 5.73 Å². The predicted molar refractivity (Wildman–Crippen MR) is 82.1 cm³/mol. The third-order valence-electron chi connectivity index (χ3n) is 3.24. The number of benzene rings is 2. The Labute approximate surface area is 124 Å². The molecule has 2 N–H and O–H groups in total. The van der Waals surface area contributed by atoms with Crippen LogP contribution >= 0.6 is 15.9 Å². The summed E-state index contributed by atoms with van der Waals surface area (Å²) in [4.78, 5) is 4.21. The molecule has 0 fully saturated rings. The quantitative estimate of drug-likeness (QED) is 0.773. The van der Waals surface area contributed by atoms with E-state index in [1.807, 2.05) is 29.7 Å². The number of halogens is 2. The highest BCUT2D eigenvalue weighted by Gasteiger charge is 2.12. The molecule has 5 heteroatoms. The standard InChI is InChI=1S/C15H13BrFN3/c1-9-3-2-4-10(5-9)8-20-14-6-11(16)12(17)7-13(14)19-15(20)18/h2-7H,8H2,1H3,(H2,18,19). The normalized spacial score (nSPS) is 11.2. The van der Waals surface area contributed by atoms with E-state index in [9.17, 15) is 4.39 Å². The minimum absolute atomic E-state index is 0.335. The number of nitrogen functional groups attached to an aromatic ring is 1. The molecule has 0 atom stereocenters. The largest absolute Gasteiger partial charge is 0.369 e. The SMILES string of the molecule is Cc1cccc(Cn2c(N)nc3cc(F)c(Br)cc32)c1. The van der Waals surface area contributed by atoms with Gasteiger partial charge in [-0.1, -0.05) is 29.8 Å². The number of fused-ring (bicyclic) bond motifs is 1. The zero-order valence-corrected chi connectivity index (χ0v) is 12.5. The van der Waals surface area contributed by atoms with Crippen molar-refractivity contribution in [3.05, 3.63) is 57.8 Å². The number of anilines is 1. The summed E-state index contributed by atoms with van der Waals surface area (Å²) in [5.41, 5.74) is 9.66. The van der Waals surface area contributed by atoms with Gasteiger partial charge in [0.25, 0.3) is 0 Å². The van der Waals surface area contributed by atoms with E-state index >= 15 is 0 Å². The molecule has 1 heterocycles. The van der Waals surface area contributed by atoms with E-state index in [4.69, 9.17) is 5.73 Å². The summed E-state index contributed by atoms with van der Waals surface area (Å²) in [6, 6.07) is 11.3. The van der Waals surface area contributed by atoms with E-state index in [2.05, 4.69) is 27.0 Å². The fourth-order valence-corrected chi connectivity index (χ4v) is 2.63. The summed E-state index contributed by atoms with van der Waals surface area (Å²) in [7, 11) is 0. The Morgan fingerprint density at radius 2 is 2.10 bits per heavy atom. The van der Waals surface area contributed by atoms with Gasteiger partial charge in [-0.05, 0) is 34.5 Å². The van der Waals surface area contributed by atoms with Crippen molar-refractivity contribution in [3.8, 4) is 0 Å². The van der Waals surface area contributed by atoms with Crippen molar-refractivity contribution < 1.29 is 4.39 Å². The van der Waals surface area contributed by atoms with Crippen molar-refractivity contribution in [1.29, 1.82) is 0 Å². The number of nitrogens with zero attached hydrogens (tertiary/aromatic N) is 2. The second kappa shape index (κ2) is 4.90. The van der Waals surface area contributed by atoms with Gasteiger partial charge in [-0.15, -0.1) is 0 Å². The van der Waals surface area contributed by atoms with Crippen molar-refractivity contribution in [2.24, 2.45) is 0 Å². The van der Waals surface area contributed by atoms with Gasteiger partial charge in [0.2, 0.25) is 5.95 Å². The fourth-order valence-electron chi connectivity index (χ4n) is 2.30. The first-order valence-electron chi connectivity index (χ1n) is 6.21. The first-order chi connectivity index (χ1) is 9.54. The van der Waals surface area contributed by atoms with Gasteiger partial charge >= 0.3 is 0 Å². The van der Waals surface area contributed by atoms with Crippen LogP contribution in [0.4, 0.5) is 10.3 Å². The van der Waals surface area contributed by atoms with Gasteiger partial charge in [0.15, 0.2) is 0 Å². The Bertz CT molecular complexity index is 795. The van der Waals surface area contributed by atoms with E-state index < -0.39 is 0 Å². The minimum Gasteiger partial charge on any atom is -0.369 e. The molecule has 0 saturated carbocycles. The highest BCUT2D eigenvalue weighted by molar-refractivity contribution is 9.10. The number of hydrogen-bond acceptors (Lipinski definition) is 2. The Balaban J connectivity index is 2.11. The van der Waals surface area contributed by atoms with Gasteiger partial charge < -0.3 is 10.3 Å². The van der Waals surface area contributed by atoms with Gasteiger partial charge in [0.1, 0.15) is 5.82 Å². The molecule has 0 aliphatic heterocycles. The van der Waals surface area contributed by atoms with Gasteiger partial charge in [-0.3, -0.25) is 0 Å². The first kappa shape index (κ1) is 13.1. The second-order valence-corrected chi connectivity index (χ2v) is 5.65. The lowest BCUT2D eigenvalue weighted by Crippen LogP contribution is -2.04. The number of aromatic nitrogens is 2. The number of hydrogen-bond donors (Lipinski definition) is 1. The summed E-state index contributed by atoms with van der Waals surface area (Å²) in [6.45, 7) is 2.66. The molecule has 0 radical (unpaired) electrons. The molecule has 0 amide bonds. The van der Waals surface area contributed by atoms with Gasteiger partial charge in [0.05, 0.1) is 22.1 Å². The molecule has 2 aromatic carbocycles. The zero-order chi connectivity index (χ0) is 14.3. The number of nitrogens with two attached hydrogens (primary N) is 1. The molecular weight excluding hydrogens is 321 g/mol. The molecule has 3 rings (SSSR count). The van der Waals surface area contributed by atoms with Crippen LogP contribution in [0.1, 0.15) is 11.1 Å². The third-order valence-corrected chi connectivity index (χ3v) is 3.85. The third kappa shape index (κ3) is 2.29. The molecule has 0 aliphatic carbocycles. The summed E-state index contributed by atoms with van der Waals surface area (Å²) in [5.74, 6) is 0.0525. The lowest BCUT2D eigenvalue weighted by atomic mass is 10.1. The van der Waals surface area contributed by atoms with Crippen LogP contribution in [0, 0.1) is 12.7 Å².